The van der Waals surface area contributed by atoms with E-state index >= 15 is 0 Å². The van der Waals surface area contributed by atoms with Crippen LogP contribution in [0.5, 0.6) is 0 Å². The number of hydrogen-bond acceptors (Lipinski definition) is 0. The van der Waals surface area contributed by atoms with Gasteiger partial charge in [-0.1, -0.05) is 0 Å². The topological polar surface area (TPSA) is 3.88 Å². The van der Waals surface area contributed by atoms with Gasteiger partial charge in [-0.2, -0.15) is 0 Å². The first-order valence-corrected chi connectivity index (χ1v) is 17.7. The van der Waals surface area contributed by atoms with Crippen LogP contribution in [-0.4, -0.2) is 21.8 Å². The molecule has 0 saturated carbocycles. The molecule has 1 aromatic heterocycles. The Morgan fingerprint density at radius 2 is 1.37 bits per heavy atom. The number of aromatic nitrogens is 1. The van der Waals surface area contributed by atoms with E-state index in [1.165, 1.54) is 49.8 Å². The van der Waals surface area contributed by atoms with Gasteiger partial charge >= 0.3 is 218 Å². The average molecular weight is 651 g/mol. The van der Waals surface area contributed by atoms with Crippen molar-refractivity contribution in [1.82, 2.24) is 0 Å². The number of benzene rings is 4. The van der Waals surface area contributed by atoms with Gasteiger partial charge in [0, 0.05) is 0 Å². The number of pyridine rings is 1. The molecule has 0 saturated heterocycles. The third-order valence-electron chi connectivity index (χ3n) is 7.57. The van der Waals surface area contributed by atoms with Gasteiger partial charge in [0.25, 0.3) is 0 Å². The average Bonchev–Trinajstić information content (AvgIpc) is 3.20. The Labute approximate surface area is 216 Å². The SMILES string of the molecule is Cc1c[c]([Bi]2[c]3ccccc3-c3cccc[c]32)cc(-c2c3ccc(C(C)C)cc3cc[n+]2C)c1C. The van der Waals surface area contributed by atoms with E-state index in [0.717, 1.165) is 0 Å². The van der Waals surface area contributed by atoms with Crippen molar-refractivity contribution in [3.8, 4) is 22.4 Å². The maximum absolute atomic E-state index is 2.55. The molecule has 0 bridgehead atoms. The second-order valence-electron chi connectivity index (χ2n) is 10.1. The summed E-state index contributed by atoms with van der Waals surface area (Å²) < 4.78 is 7.11. The van der Waals surface area contributed by atoms with Crippen molar-refractivity contribution in [2.45, 2.75) is 33.6 Å². The molecule has 0 atom stereocenters. The molecule has 5 aromatic rings. The first kappa shape index (κ1) is 22.6. The Morgan fingerprint density at radius 1 is 0.714 bits per heavy atom. The van der Waals surface area contributed by atoms with Crippen LogP contribution in [0.2, 0.25) is 0 Å². The van der Waals surface area contributed by atoms with E-state index in [9.17, 15) is 0 Å². The zero-order valence-corrected chi connectivity index (χ0v) is 24.6. The molecule has 0 amide bonds. The van der Waals surface area contributed by atoms with E-state index in [1.54, 1.807) is 9.81 Å². The summed E-state index contributed by atoms with van der Waals surface area (Å²) in [5.41, 5.74) is 9.79. The van der Waals surface area contributed by atoms with Gasteiger partial charge in [-0.3, -0.25) is 0 Å². The van der Waals surface area contributed by atoms with Crippen LogP contribution in [0.1, 0.15) is 36.5 Å². The van der Waals surface area contributed by atoms with Crippen LogP contribution in [0.3, 0.4) is 0 Å². The van der Waals surface area contributed by atoms with Crippen LogP contribution in [0.25, 0.3) is 33.2 Å². The van der Waals surface area contributed by atoms with E-state index in [-0.39, 0.29) is 0 Å². The normalized spacial score (nSPS) is 12.9. The van der Waals surface area contributed by atoms with E-state index in [0.29, 0.717) is 5.92 Å². The molecule has 0 N–H and O–H groups in total. The molecular formula is C33H31BiN+. The van der Waals surface area contributed by atoms with Crippen molar-refractivity contribution in [2.75, 3.05) is 0 Å². The standard InChI is InChI=1S/C21H23N.C12H8.Bi/c1-14(2)17-9-10-20-18(13-17)11-12-22(5)21(20)19-8-6-7-15(3)16(19)4;1-3-7-11(8-4-1)12-9-5-2-6-10-12;/h7-14H,1-5H3;1-7,9H;/q+1;;. The number of aryl methyl sites for hydroxylation is 2. The second-order valence-corrected chi connectivity index (χ2v) is 18.4. The molecule has 35 heavy (non-hydrogen) atoms. The fraction of sp³-hybridized carbons (Fsp3) is 0.182. The van der Waals surface area contributed by atoms with Crippen molar-refractivity contribution in [2.24, 2.45) is 7.05 Å². The van der Waals surface area contributed by atoms with Crippen LogP contribution < -0.4 is 14.4 Å². The van der Waals surface area contributed by atoms with Gasteiger partial charge in [0.2, 0.25) is 0 Å². The predicted molar refractivity (Wildman–Crippen MR) is 151 cm³/mol. The molecule has 172 valence electrons. The van der Waals surface area contributed by atoms with Crippen LogP contribution in [0.4, 0.5) is 0 Å². The first-order valence-electron chi connectivity index (χ1n) is 12.5. The fourth-order valence-electron chi connectivity index (χ4n) is 5.50. The summed E-state index contributed by atoms with van der Waals surface area (Å²) in [6.45, 7) is 9.13. The van der Waals surface area contributed by atoms with Crippen molar-refractivity contribution in [3.05, 3.63) is 108 Å². The molecule has 2 heterocycles. The van der Waals surface area contributed by atoms with E-state index in [1.807, 2.05) is 0 Å². The number of hydrogen-bond donors (Lipinski definition) is 0. The number of fused-ring (bicyclic) bond motifs is 4. The molecule has 0 spiro atoms. The zero-order chi connectivity index (χ0) is 24.3. The van der Waals surface area contributed by atoms with E-state index < -0.39 is 21.8 Å². The molecule has 2 heteroatoms. The van der Waals surface area contributed by atoms with Gasteiger partial charge < -0.3 is 0 Å². The van der Waals surface area contributed by atoms with Gasteiger partial charge in [0.1, 0.15) is 0 Å². The van der Waals surface area contributed by atoms with E-state index in [4.69, 9.17) is 0 Å². The Kier molecular flexibility index (Phi) is 5.61. The summed E-state index contributed by atoms with van der Waals surface area (Å²) >= 11 is -2.38. The van der Waals surface area contributed by atoms with Crippen LogP contribution in [0.15, 0.2) is 91.1 Å². The summed E-state index contributed by atoms with van der Waals surface area (Å²) in [4.78, 5) is 0. The monoisotopic (exact) mass is 650 g/mol. The Balaban J connectivity index is 1.60. The number of rotatable bonds is 3. The van der Waals surface area contributed by atoms with Crippen molar-refractivity contribution >= 4 is 42.3 Å². The molecule has 6 rings (SSSR count). The molecule has 4 aromatic carbocycles. The summed E-state index contributed by atoms with van der Waals surface area (Å²) in [6.07, 6.45) is 2.23. The van der Waals surface area contributed by atoms with Crippen molar-refractivity contribution in [3.63, 3.8) is 0 Å². The first-order chi connectivity index (χ1) is 16.9. The zero-order valence-electron chi connectivity index (χ0n) is 21.1. The molecule has 1 aliphatic heterocycles. The summed E-state index contributed by atoms with van der Waals surface area (Å²) in [5, 5.41) is 2.66. The number of nitrogens with zero attached hydrogens (tertiary/aromatic N) is 1. The van der Waals surface area contributed by atoms with Crippen molar-refractivity contribution in [1.29, 1.82) is 0 Å². The Bertz CT molecular complexity index is 1570. The molecule has 1 nitrogen and oxygen atoms in total. The summed E-state index contributed by atoms with van der Waals surface area (Å²) in [7, 11) is 2.19. The molecule has 0 radical (unpaired) electrons. The van der Waals surface area contributed by atoms with Crippen molar-refractivity contribution < 1.29 is 4.57 Å². The second kappa shape index (κ2) is 8.68. The predicted octanol–water partition coefficient (Wildman–Crippen LogP) is 5.57. The Morgan fingerprint density at radius 3 is 2.03 bits per heavy atom. The van der Waals surface area contributed by atoms with Crippen LogP contribution in [0, 0.1) is 13.8 Å². The Hall–Kier alpha value is -2.83. The molecule has 1 aliphatic rings. The molecule has 0 unspecified atom stereocenters. The summed E-state index contributed by atoms with van der Waals surface area (Å²) in [5.74, 6) is 0.528. The minimum atomic E-state index is -2.38. The van der Waals surface area contributed by atoms with Gasteiger partial charge in [-0.05, 0) is 0 Å². The van der Waals surface area contributed by atoms with Gasteiger partial charge in [0.15, 0.2) is 0 Å². The maximum atomic E-state index is 2.55. The van der Waals surface area contributed by atoms with Crippen LogP contribution >= 0.6 is 0 Å². The third kappa shape index (κ3) is 3.66. The van der Waals surface area contributed by atoms with Gasteiger partial charge in [-0.15, -0.1) is 0 Å². The molecule has 0 fully saturated rings. The quantitative estimate of drug-likeness (QED) is 0.174. The van der Waals surface area contributed by atoms with Gasteiger partial charge in [-0.25, -0.2) is 0 Å². The minimum absolute atomic E-state index is 0.528. The third-order valence-corrected chi connectivity index (χ3v) is 17.4. The van der Waals surface area contributed by atoms with Gasteiger partial charge in [0.05, 0.1) is 0 Å². The molecule has 0 aliphatic carbocycles. The summed E-state index contributed by atoms with van der Waals surface area (Å²) in [6, 6.07) is 32.6. The fourth-order valence-corrected chi connectivity index (χ4v) is 16.1. The van der Waals surface area contributed by atoms with E-state index in [2.05, 4.69) is 130 Å². The molecular weight excluding hydrogens is 619 g/mol. The van der Waals surface area contributed by atoms with Crippen LogP contribution in [-0.2, 0) is 7.05 Å².